The lowest BCUT2D eigenvalue weighted by atomic mass is 10.1. The molecule has 0 saturated heterocycles. The number of benzene rings is 1. The molecule has 0 radical (unpaired) electrons. The molecule has 1 unspecified atom stereocenters. The SMILES string of the molecule is CCCC(N)C(=O)N(C)Cc1ccc(C)cc1.Cl. The van der Waals surface area contributed by atoms with E-state index in [4.69, 9.17) is 5.73 Å². The van der Waals surface area contributed by atoms with Crippen LogP contribution in [0.4, 0.5) is 0 Å². The van der Waals surface area contributed by atoms with Crippen molar-refractivity contribution < 1.29 is 4.79 Å². The summed E-state index contributed by atoms with van der Waals surface area (Å²) in [4.78, 5) is 13.6. The van der Waals surface area contributed by atoms with E-state index in [0.29, 0.717) is 6.54 Å². The first-order chi connectivity index (χ1) is 8.04. The van der Waals surface area contributed by atoms with E-state index in [1.807, 2.05) is 19.1 Å². The van der Waals surface area contributed by atoms with E-state index < -0.39 is 0 Å². The Labute approximate surface area is 116 Å². The van der Waals surface area contributed by atoms with Crippen molar-refractivity contribution in [2.75, 3.05) is 7.05 Å². The maximum absolute atomic E-state index is 11.9. The fraction of sp³-hybridized carbons (Fsp3) is 0.500. The Kier molecular flexibility index (Phi) is 7.64. The number of nitrogens with zero attached hydrogens (tertiary/aromatic N) is 1. The average molecular weight is 271 g/mol. The van der Waals surface area contributed by atoms with Gasteiger partial charge in [-0.15, -0.1) is 12.4 Å². The Morgan fingerprint density at radius 2 is 1.89 bits per heavy atom. The second-order valence-corrected chi connectivity index (χ2v) is 4.58. The van der Waals surface area contributed by atoms with Crippen LogP contribution in [0.25, 0.3) is 0 Å². The number of aryl methyl sites for hydroxylation is 1. The van der Waals surface area contributed by atoms with Crippen LogP contribution >= 0.6 is 12.4 Å². The zero-order valence-corrected chi connectivity index (χ0v) is 12.2. The van der Waals surface area contributed by atoms with E-state index in [9.17, 15) is 4.79 Å². The fourth-order valence-electron chi connectivity index (χ4n) is 1.76. The van der Waals surface area contributed by atoms with Crippen molar-refractivity contribution in [2.45, 2.75) is 39.3 Å². The molecular formula is C14H23ClN2O. The molecule has 18 heavy (non-hydrogen) atoms. The molecule has 1 amide bonds. The van der Waals surface area contributed by atoms with Crippen LogP contribution in [0.2, 0.25) is 0 Å². The number of likely N-dealkylation sites (N-methyl/N-ethyl adjacent to an activating group) is 1. The van der Waals surface area contributed by atoms with Crippen molar-refractivity contribution in [3.05, 3.63) is 35.4 Å². The number of amides is 1. The fourth-order valence-corrected chi connectivity index (χ4v) is 1.76. The van der Waals surface area contributed by atoms with Gasteiger partial charge in [-0.3, -0.25) is 4.79 Å². The van der Waals surface area contributed by atoms with E-state index in [2.05, 4.69) is 19.1 Å². The highest BCUT2D eigenvalue weighted by Gasteiger charge is 2.16. The molecule has 0 fully saturated rings. The van der Waals surface area contributed by atoms with Gasteiger partial charge in [0.1, 0.15) is 0 Å². The zero-order chi connectivity index (χ0) is 12.8. The molecule has 0 saturated carbocycles. The Morgan fingerprint density at radius 1 is 1.33 bits per heavy atom. The molecular weight excluding hydrogens is 248 g/mol. The molecule has 0 heterocycles. The van der Waals surface area contributed by atoms with E-state index >= 15 is 0 Å². The van der Waals surface area contributed by atoms with Crippen molar-refractivity contribution in [3.63, 3.8) is 0 Å². The largest absolute Gasteiger partial charge is 0.340 e. The third-order valence-electron chi connectivity index (χ3n) is 2.83. The maximum atomic E-state index is 11.9. The molecule has 1 aromatic rings. The highest BCUT2D eigenvalue weighted by molar-refractivity contribution is 5.85. The van der Waals surface area contributed by atoms with Gasteiger partial charge in [0, 0.05) is 13.6 Å². The van der Waals surface area contributed by atoms with Crippen LogP contribution in [0.3, 0.4) is 0 Å². The molecule has 1 atom stereocenters. The first-order valence-electron chi connectivity index (χ1n) is 6.10. The number of nitrogens with two attached hydrogens (primary N) is 1. The molecule has 0 spiro atoms. The first kappa shape index (κ1) is 16.9. The van der Waals surface area contributed by atoms with Crippen LogP contribution in [0.5, 0.6) is 0 Å². The molecule has 1 aromatic carbocycles. The number of carbonyl (C=O) groups excluding carboxylic acids is 1. The number of hydrogen-bond donors (Lipinski definition) is 1. The lowest BCUT2D eigenvalue weighted by Crippen LogP contribution is -2.41. The monoisotopic (exact) mass is 270 g/mol. The summed E-state index contributed by atoms with van der Waals surface area (Å²) in [6.45, 7) is 4.71. The first-order valence-corrected chi connectivity index (χ1v) is 6.10. The molecule has 3 nitrogen and oxygen atoms in total. The molecule has 0 aliphatic heterocycles. The minimum Gasteiger partial charge on any atom is -0.340 e. The average Bonchev–Trinajstić information content (AvgIpc) is 2.31. The summed E-state index contributed by atoms with van der Waals surface area (Å²) in [5, 5.41) is 0. The maximum Gasteiger partial charge on any atom is 0.239 e. The van der Waals surface area contributed by atoms with Gasteiger partial charge in [-0.25, -0.2) is 0 Å². The van der Waals surface area contributed by atoms with E-state index in [0.717, 1.165) is 18.4 Å². The number of rotatable bonds is 5. The van der Waals surface area contributed by atoms with Crippen LogP contribution in [-0.2, 0) is 11.3 Å². The second kappa shape index (κ2) is 8.11. The summed E-state index contributed by atoms with van der Waals surface area (Å²) in [5.41, 5.74) is 8.18. The summed E-state index contributed by atoms with van der Waals surface area (Å²) in [6.07, 6.45) is 1.68. The Hall–Kier alpha value is -1.06. The van der Waals surface area contributed by atoms with Gasteiger partial charge in [0.2, 0.25) is 5.91 Å². The summed E-state index contributed by atoms with van der Waals surface area (Å²) in [6, 6.07) is 7.84. The quantitative estimate of drug-likeness (QED) is 0.894. The molecule has 0 aliphatic rings. The van der Waals surface area contributed by atoms with Crippen molar-refractivity contribution in [2.24, 2.45) is 5.73 Å². The van der Waals surface area contributed by atoms with Gasteiger partial charge in [0.15, 0.2) is 0 Å². The normalized spacial score (nSPS) is 11.6. The Bertz CT molecular complexity index is 365. The Balaban J connectivity index is 0.00000289. The van der Waals surface area contributed by atoms with E-state index in [-0.39, 0.29) is 24.4 Å². The van der Waals surface area contributed by atoms with Crippen LogP contribution in [0, 0.1) is 6.92 Å². The Morgan fingerprint density at radius 3 is 2.39 bits per heavy atom. The van der Waals surface area contributed by atoms with Crippen molar-refractivity contribution >= 4 is 18.3 Å². The lowest BCUT2D eigenvalue weighted by molar-refractivity contribution is -0.131. The molecule has 1 rings (SSSR count). The molecule has 2 N–H and O–H groups in total. The van der Waals surface area contributed by atoms with Gasteiger partial charge in [-0.2, -0.15) is 0 Å². The van der Waals surface area contributed by atoms with Gasteiger partial charge in [-0.1, -0.05) is 43.2 Å². The van der Waals surface area contributed by atoms with Crippen LogP contribution in [0.1, 0.15) is 30.9 Å². The van der Waals surface area contributed by atoms with Crippen LogP contribution in [0.15, 0.2) is 24.3 Å². The zero-order valence-electron chi connectivity index (χ0n) is 11.3. The topological polar surface area (TPSA) is 46.3 Å². The lowest BCUT2D eigenvalue weighted by Gasteiger charge is -2.21. The number of hydrogen-bond acceptors (Lipinski definition) is 2. The van der Waals surface area contributed by atoms with Gasteiger partial charge in [0.05, 0.1) is 6.04 Å². The second-order valence-electron chi connectivity index (χ2n) is 4.58. The van der Waals surface area contributed by atoms with Crippen molar-refractivity contribution in [1.29, 1.82) is 0 Å². The predicted molar refractivity (Wildman–Crippen MR) is 77.8 cm³/mol. The summed E-state index contributed by atoms with van der Waals surface area (Å²) < 4.78 is 0. The molecule has 0 aromatic heterocycles. The highest BCUT2D eigenvalue weighted by atomic mass is 35.5. The predicted octanol–water partition coefficient (Wildman–Crippen LogP) is 2.50. The molecule has 0 bridgehead atoms. The molecule has 102 valence electrons. The van der Waals surface area contributed by atoms with Gasteiger partial charge in [-0.05, 0) is 18.9 Å². The van der Waals surface area contributed by atoms with Crippen LogP contribution in [-0.4, -0.2) is 23.9 Å². The van der Waals surface area contributed by atoms with Gasteiger partial charge < -0.3 is 10.6 Å². The minimum absolute atomic E-state index is 0. The molecule has 0 aliphatic carbocycles. The third-order valence-corrected chi connectivity index (χ3v) is 2.83. The summed E-state index contributed by atoms with van der Waals surface area (Å²) in [7, 11) is 1.80. The summed E-state index contributed by atoms with van der Waals surface area (Å²) >= 11 is 0. The number of halogens is 1. The molecule has 4 heteroatoms. The highest BCUT2D eigenvalue weighted by Crippen LogP contribution is 2.07. The minimum atomic E-state index is -0.365. The summed E-state index contributed by atoms with van der Waals surface area (Å²) in [5.74, 6) is 0.0208. The van der Waals surface area contributed by atoms with Gasteiger partial charge >= 0.3 is 0 Å². The van der Waals surface area contributed by atoms with Crippen molar-refractivity contribution in [1.82, 2.24) is 4.90 Å². The van der Waals surface area contributed by atoms with E-state index in [1.165, 1.54) is 5.56 Å². The number of carbonyl (C=O) groups is 1. The standard InChI is InChI=1S/C14H22N2O.ClH/c1-4-5-13(15)14(17)16(3)10-12-8-6-11(2)7-9-12;/h6-9,13H,4-5,10,15H2,1-3H3;1H. The van der Waals surface area contributed by atoms with Crippen LogP contribution < -0.4 is 5.73 Å². The van der Waals surface area contributed by atoms with Crippen molar-refractivity contribution in [3.8, 4) is 0 Å². The van der Waals surface area contributed by atoms with Gasteiger partial charge in [0.25, 0.3) is 0 Å². The third kappa shape index (κ3) is 5.07. The smallest absolute Gasteiger partial charge is 0.239 e. The van der Waals surface area contributed by atoms with E-state index in [1.54, 1.807) is 11.9 Å².